The third kappa shape index (κ3) is 4.02. The number of carbonyl (C=O) groups excluding carboxylic acids is 1. The van der Waals surface area contributed by atoms with Gasteiger partial charge in [0.1, 0.15) is 0 Å². The van der Waals surface area contributed by atoms with Crippen molar-refractivity contribution in [3.05, 3.63) is 34.9 Å². The van der Waals surface area contributed by atoms with Crippen molar-refractivity contribution in [1.29, 1.82) is 0 Å². The number of benzene rings is 1. The Labute approximate surface area is 107 Å². The van der Waals surface area contributed by atoms with Gasteiger partial charge < -0.3 is 11.1 Å². The summed E-state index contributed by atoms with van der Waals surface area (Å²) in [5.41, 5.74) is 6.42. The van der Waals surface area contributed by atoms with E-state index in [-0.39, 0.29) is 11.3 Å². The second kappa shape index (κ2) is 5.52. The highest BCUT2D eigenvalue weighted by molar-refractivity contribution is 6.30. The normalized spacial score (nSPS) is 13.2. The molecule has 1 rings (SSSR count). The van der Waals surface area contributed by atoms with Crippen molar-refractivity contribution in [3.8, 4) is 0 Å². The molecule has 94 valence electrons. The van der Waals surface area contributed by atoms with Crippen LogP contribution in [0, 0.1) is 0 Å². The van der Waals surface area contributed by atoms with Crippen LogP contribution in [0.15, 0.2) is 24.3 Å². The van der Waals surface area contributed by atoms with E-state index in [2.05, 4.69) is 19.2 Å². The summed E-state index contributed by atoms with van der Waals surface area (Å²) < 4.78 is 0. The highest BCUT2D eigenvalue weighted by Gasteiger charge is 2.22. The SMILES string of the molecule is C[C@H](N)C(=O)NCC(C)(C)c1cccc(Cl)c1. The molecule has 1 aromatic rings. The van der Waals surface area contributed by atoms with Gasteiger partial charge in [0.05, 0.1) is 6.04 Å². The van der Waals surface area contributed by atoms with Gasteiger partial charge in [0.15, 0.2) is 0 Å². The van der Waals surface area contributed by atoms with Gasteiger partial charge in [0, 0.05) is 17.0 Å². The fraction of sp³-hybridized carbons (Fsp3) is 0.462. The Morgan fingerprint density at radius 3 is 2.71 bits per heavy atom. The van der Waals surface area contributed by atoms with Crippen molar-refractivity contribution in [1.82, 2.24) is 5.32 Å². The number of amides is 1. The Hall–Kier alpha value is -1.06. The number of carbonyl (C=O) groups is 1. The molecular formula is C13H19ClN2O. The van der Waals surface area contributed by atoms with Gasteiger partial charge >= 0.3 is 0 Å². The lowest BCUT2D eigenvalue weighted by atomic mass is 9.84. The first-order chi connectivity index (χ1) is 7.83. The van der Waals surface area contributed by atoms with E-state index >= 15 is 0 Å². The second-order valence-corrected chi connectivity index (χ2v) is 5.34. The van der Waals surface area contributed by atoms with Crippen LogP contribution in [0.4, 0.5) is 0 Å². The van der Waals surface area contributed by atoms with Crippen LogP contribution in [0.3, 0.4) is 0 Å². The van der Waals surface area contributed by atoms with Gasteiger partial charge in [-0.1, -0.05) is 37.6 Å². The van der Waals surface area contributed by atoms with Crippen molar-refractivity contribution >= 4 is 17.5 Å². The Morgan fingerprint density at radius 1 is 1.53 bits per heavy atom. The Kier molecular flexibility index (Phi) is 4.54. The number of rotatable bonds is 4. The third-order valence-electron chi connectivity index (χ3n) is 2.72. The molecule has 1 aromatic carbocycles. The average molecular weight is 255 g/mol. The van der Waals surface area contributed by atoms with Crippen LogP contribution in [0.1, 0.15) is 26.3 Å². The molecule has 0 aromatic heterocycles. The molecule has 0 aliphatic rings. The van der Waals surface area contributed by atoms with Gasteiger partial charge in [0.2, 0.25) is 5.91 Å². The molecule has 3 nitrogen and oxygen atoms in total. The summed E-state index contributed by atoms with van der Waals surface area (Å²) in [5.74, 6) is -0.139. The molecule has 0 saturated carbocycles. The number of nitrogens with one attached hydrogen (secondary N) is 1. The van der Waals surface area contributed by atoms with Gasteiger partial charge in [0.25, 0.3) is 0 Å². The zero-order chi connectivity index (χ0) is 13.1. The van der Waals surface area contributed by atoms with Crippen molar-refractivity contribution in [2.24, 2.45) is 5.73 Å². The Bertz CT molecular complexity index is 402. The largest absolute Gasteiger partial charge is 0.354 e. The summed E-state index contributed by atoms with van der Waals surface area (Å²) >= 11 is 5.96. The van der Waals surface area contributed by atoms with Crippen LogP contribution < -0.4 is 11.1 Å². The molecule has 0 fully saturated rings. The maximum atomic E-state index is 11.4. The van der Waals surface area contributed by atoms with Crippen molar-refractivity contribution < 1.29 is 4.79 Å². The summed E-state index contributed by atoms with van der Waals surface area (Å²) in [4.78, 5) is 11.4. The van der Waals surface area contributed by atoms with E-state index < -0.39 is 6.04 Å². The van der Waals surface area contributed by atoms with Gasteiger partial charge in [-0.2, -0.15) is 0 Å². The zero-order valence-electron chi connectivity index (χ0n) is 10.5. The molecule has 0 radical (unpaired) electrons. The standard InChI is InChI=1S/C13H19ClN2O/c1-9(15)12(17)16-8-13(2,3)10-5-4-6-11(14)7-10/h4-7,9H,8,15H2,1-3H3,(H,16,17)/t9-/m0/s1. The Balaban J connectivity index is 2.72. The van der Waals surface area contributed by atoms with Gasteiger partial charge in [-0.3, -0.25) is 4.79 Å². The molecule has 17 heavy (non-hydrogen) atoms. The highest BCUT2D eigenvalue weighted by atomic mass is 35.5. The fourth-order valence-corrected chi connectivity index (χ4v) is 1.67. The number of hydrogen-bond acceptors (Lipinski definition) is 2. The van der Waals surface area contributed by atoms with Crippen LogP contribution in [0.5, 0.6) is 0 Å². The smallest absolute Gasteiger partial charge is 0.236 e. The van der Waals surface area contributed by atoms with Crippen molar-refractivity contribution in [2.75, 3.05) is 6.54 Å². The van der Waals surface area contributed by atoms with Gasteiger partial charge in [-0.25, -0.2) is 0 Å². The topological polar surface area (TPSA) is 55.1 Å². The highest BCUT2D eigenvalue weighted by Crippen LogP contribution is 2.24. The van der Waals surface area contributed by atoms with E-state index in [9.17, 15) is 4.79 Å². The molecule has 0 spiro atoms. The van der Waals surface area contributed by atoms with Crippen LogP contribution in [0.25, 0.3) is 0 Å². The van der Waals surface area contributed by atoms with E-state index in [1.807, 2.05) is 24.3 Å². The molecule has 1 atom stereocenters. The maximum Gasteiger partial charge on any atom is 0.236 e. The van der Waals surface area contributed by atoms with E-state index in [1.165, 1.54) is 0 Å². The third-order valence-corrected chi connectivity index (χ3v) is 2.96. The first kappa shape index (κ1) is 14.0. The predicted octanol–water partition coefficient (Wildman–Crippen LogP) is 2.08. The molecule has 1 amide bonds. The van der Waals surface area contributed by atoms with Crippen LogP contribution in [0.2, 0.25) is 5.02 Å². The molecular weight excluding hydrogens is 236 g/mol. The molecule has 3 N–H and O–H groups in total. The van der Waals surface area contributed by atoms with Crippen molar-refractivity contribution in [3.63, 3.8) is 0 Å². The summed E-state index contributed by atoms with van der Waals surface area (Å²) in [6.45, 7) is 6.32. The summed E-state index contributed by atoms with van der Waals surface area (Å²) in [5, 5.41) is 3.54. The first-order valence-corrected chi connectivity index (χ1v) is 6.00. The molecule has 0 aliphatic heterocycles. The quantitative estimate of drug-likeness (QED) is 0.865. The number of hydrogen-bond donors (Lipinski definition) is 2. The molecule has 4 heteroatoms. The first-order valence-electron chi connectivity index (χ1n) is 5.62. The van der Waals surface area contributed by atoms with E-state index in [1.54, 1.807) is 6.92 Å². The minimum absolute atomic E-state index is 0.139. The minimum Gasteiger partial charge on any atom is -0.354 e. The Morgan fingerprint density at radius 2 is 2.18 bits per heavy atom. The lowest BCUT2D eigenvalue weighted by Crippen LogP contribution is -2.43. The predicted molar refractivity (Wildman–Crippen MR) is 71.1 cm³/mol. The molecule has 0 saturated heterocycles. The molecule has 0 unspecified atom stereocenters. The van der Waals surface area contributed by atoms with E-state index in [4.69, 9.17) is 17.3 Å². The van der Waals surface area contributed by atoms with Crippen molar-refractivity contribution in [2.45, 2.75) is 32.2 Å². The molecule has 0 heterocycles. The van der Waals surface area contributed by atoms with Gasteiger partial charge in [-0.15, -0.1) is 0 Å². The summed E-state index contributed by atoms with van der Waals surface area (Å²) in [7, 11) is 0. The number of halogens is 1. The van der Waals surface area contributed by atoms with Crippen LogP contribution in [-0.4, -0.2) is 18.5 Å². The zero-order valence-corrected chi connectivity index (χ0v) is 11.2. The fourth-order valence-electron chi connectivity index (χ4n) is 1.48. The summed E-state index contributed by atoms with van der Waals surface area (Å²) in [6, 6.07) is 7.18. The lowest BCUT2D eigenvalue weighted by Gasteiger charge is -2.26. The molecule has 0 bridgehead atoms. The lowest BCUT2D eigenvalue weighted by molar-refractivity contribution is -0.122. The minimum atomic E-state index is -0.481. The maximum absolute atomic E-state index is 11.4. The monoisotopic (exact) mass is 254 g/mol. The summed E-state index contributed by atoms with van der Waals surface area (Å²) in [6.07, 6.45) is 0. The van der Waals surface area contributed by atoms with E-state index in [0.29, 0.717) is 11.6 Å². The number of nitrogens with two attached hydrogens (primary N) is 1. The molecule has 0 aliphatic carbocycles. The second-order valence-electron chi connectivity index (χ2n) is 4.90. The van der Waals surface area contributed by atoms with Crippen LogP contribution in [-0.2, 0) is 10.2 Å². The average Bonchev–Trinajstić information content (AvgIpc) is 2.26. The van der Waals surface area contributed by atoms with Gasteiger partial charge in [-0.05, 0) is 24.6 Å². The van der Waals surface area contributed by atoms with E-state index in [0.717, 1.165) is 5.56 Å². The van der Waals surface area contributed by atoms with Crippen LogP contribution >= 0.6 is 11.6 Å².